The van der Waals surface area contributed by atoms with Crippen LogP contribution >= 0.6 is 0 Å². The Hall–Kier alpha value is -2.08. The van der Waals surface area contributed by atoms with E-state index >= 15 is 0 Å². The van der Waals surface area contributed by atoms with Crippen molar-refractivity contribution in [2.24, 2.45) is 5.92 Å². The fourth-order valence-electron chi connectivity index (χ4n) is 3.29. The smallest absolute Gasteiger partial charge is 0.409 e. The standard InChI is InChI=1S/C21H33N3O3/c1-5-27-21(26)24-12-10-23(11-13-24)15-20(25)22-17(4)19-8-6-18(7-9-19)14-16(2)3/h6-9,16-17H,5,10-15H2,1-4H3,(H,22,25)/t17-/m1/s1. The molecule has 2 rings (SSSR count). The van der Waals surface area contributed by atoms with Crippen LogP contribution in [0.5, 0.6) is 0 Å². The predicted molar refractivity (Wildman–Crippen MR) is 107 cm³/mol. The minimum atomic E-state index is -0.267. The molecule has 2 amide bonds. The summed E-state index contributed by atoms with van der Waals surface area (Å²) in [7, 11) is 0. The molecule has 1 atom stereocenters. The van der Waals surface area contributed by atoms with Crippen LogP contribution in [0.4, 0.5) is 4.79 Å². The Bertz CT molecular complexity index is 608. The second kappa shape index (κ2) is 10.3. The van der Waals surface area contributed by atoms with Crippen LogP contribution in [0, 0.1) is 5.92 Å². The largest absolute Gasteiger partial charge is 0.450 e. The molecule has 1 N–H and O–H groups in total. The quantitative estimate of drug-likeness (QED) is 0.796. The van der Waals surface area contributed by atoms with Crippen molar-refractivity contribution in [1.29, 1.82) is 0 Å². The fraction of sp³-hybridized carbons (Fsp3) is 0.619. The van der Waals surface area contributed by atoms with Crippen molar-refractivity contribution in [3.05, 3.63) is 35.4 Å². The van der Waals surface area contributed by atoms with E-state index in [-0.39, 0.29) is 18.0 Å². The van der Waals surface area contributed by atoms with Crippen molar-refractivity contribution in [3.63, 3.8) is 0 Å². The fourth-order valence-corrected chi connectivity index (χ4v) is 3.29. The molecule has 6 nitrogen and oxygen atoms in total. The normalized spacial score (nSPS) is 16.3. The molecular formula is C21H33N3O3. The number of ether oxygens (including phenoxy) is 1. The lowest BCUT2D eigenvalue weighted by atomic mass is 10.00. The predicted octanol–water partition coefficient (Wildman–Crippen LogP) is 2.84. The lowest BCUT2D eigenvalue weighted by molar-refractivity contribution is -0.123. The van der Waals surface area contributed by atoms with Crippen LogP contribution in [0.2, 0.25) is 0 Å². The highest BCUT2D eigenvalue weighted by Crippen LogP contribution is 2.15. The Morgan fingerprint density at radius 2 is 1.70 bits per heavy atom. The number of carbonyl (C=O) groups is 2. The first-order valence-electron chi connectivity index (χ1n) is 9.91. The summed E-state index contributed by atoms with van der Waals surface area (Å²) < 4.78 is 5.02. The first-order chi connectivity index (χ1) is 12.9. The molecule has 1 aromatic rings. The molecule has 1 aliphatic rings. The number of hydrogen-bond donors (Lipinski definition) is 1. The van der Waals surface area contributed by atoms with Gasteiger partial charge in [-0.2, -0.15) is 0 Å². The van der Waals surface area contributed by atoms with Crippen molar-refractivity contribution >= 4 is 12.0 Å². The molecule has 27 heavy (non-hydrogen) atoms. The van der Waals surface area contributed by atoms with Gasteiger partial charge in [0.1, 0.15) is 0 Å². The molecule has 1 fully saturated rings. The number of nitrogens with zero attached hydrogens (tertiary/aromatic N) is 2. The number of rotatable bonds is 7. The molecule has 0 radical (unpaired) electrons. The van der Waals surface area contributed by atoms with Gasteiger partial charge < -0.3 is 15.0 Å². The molecule has 0 saturated carbocycles. The zero-order chi connectivity index (χ0) is 19.8. The SMILES string of the molecule is CCOC(=O)N1CCN(CC(=O)N[C@H](C)c2ccc(CC(C)C)cc2)CC1. The Morgan fingerprint density at radius 3 is 2.26 bits per heavy atom. The summed E-state index contributed by atoms with van der Waals surface area (Å²) >= 11 is 0. The van der Waals surface area contributed by atoms with Crippen molar-refractivity contribution in [1.82, 2.24) is 15.1 Å². The van der Waals surface area contributed by atoms with E-state index in [0.717, 1.165) is 12.0 Å². The van der Waals surface area contributed by atoms with E-state index in [4.69, 9.17) is 4.74 Å². The van der Waals surface area contributed by atoms with Crippen molar-refractivity contribution in [2.75, 3.05) is 39.3 Å². The van der Waals surface area contributed by atoms with Crippen molar-refractivity contribution < 1.29 is 14.3 Å². The number of nitrogens with one attached hydrogen (secondary N) is 1. The van der Waals surface area contributed by atoms with Gasteiger partial charge in [0.2, 0.25) is 5.91 Å². The Morgan fingerprint density at radius 1 is 1.07 bits per heavy atom. The lowest BCUT2D eigenvalue weighted by Crippen LogP contribution is -2.51. The summed E-state index contributed by atoms with van der Waals surface area (Å²) in [4.78, 5) is 27.9. The van der Waals surface area contributed by atoms with Gasteiger partial charge in [-0.15, -0.1) is 0 Å². The third-order valence-corrected chi connectivity index (χ3v) is 4.77. The van der Waals surface area contributed by atoms with Gasteiger partial charge in [0.05, 0.1) is 19.2 Å². The monoisotopic (exact) mass is 375 g/mol. The zero-order valence-electron chi connectivity index (χ0n) is 17.0. The summed E-state index contributed by atoms with van der Waals surface area (Å²) in [6, 6.07) is 8.47. The van der Waals surface area contributed by atoms with Gasteiger partial charge in [-0.25, -0.2) is 4.79 Å². The van der Waals surface area contributed by atoms with Gasteiger partial charge in [-0.1, -0.05) is 38.1 Å². The maximum atomic E-state index is 12.4. The third kappa shape index (κ3) is 6.86. The second-order valence-electron chi connectivity index (χ2n) is 7.59. The van der Waals surface area contributed by atoms with E-state index in [1.807, 2.05) is 6.92 Å². The Labute approximate surface area is 162 Å². The van der Waals surface area contributed by atoms with Crippen LogP contribution in [0.3, 0.4) is 0 Å². The number of benzene rings is 1. The van der Waals surface area contributed by atoms with E-state index in [1.54, 1.807) is 11.8 Å². The van der Waals surface area contributed by atoms with Gasteiger partial charge in [0.25, 0.3) is 0 Å². The average Bonchev–Trinajstić information content (AvgIpc) is 2.62. The van der Waals surface area contributed by atoms with E-state index in [0.29, 0.717) is 45.2 Å². The number of amides is 2. The molecule has 0 unspecified atom stereocenters. The van der Waals surface area contributed by atoms with Crippen LogP contribution in [0.1, 0.15) is 44.9 Å². The highest BCUT2D eigenvalue weighted by Gasteiger charge is 2.23. The van der Waals surface area contributed by atoms with Crippen molar-refractivity contribution in [2.45, 2.75) is 40.2 Å². The molecule has 0 spiro atoms. The molecule has 0 aromatic heterocycles. The van der Waals surface area contributed by atoms with Crippen LogP contribution in [-0.2, 0) is 16.0 Å². The van der Waals surface area contributed by atoms with E-state index in [1.165, 1.54) is 5.56 Å². The van der Waals surface area contributed by atoms with Gasteiger partial charge in [0.15, 0.2) is 0 Å². The van der Waals surface area contributed by atoms with Gasteiger partial charge >= 0.3 is 6.09 Å². The van der Waals surface area contributed by atoms with E-state index in [2.05, 4.69) is 48.3 Å². The maximum absolute atomic E-state index is 12.4. The van der Waals surface area contributed by atoms with Crippen LogP contribution in [0.15, 0.2) is 24.3 Å². The first-order valence-corrected chi connectivity index (χ1v) is 9.91. The summed E-state index contributed by atoms with van der Waals surface area (Å²) in [6.07, 6.45) is 0.801. The number of carbonyl (C=O) groups excluding carboxylic acids is 2. The van der Waals surface area contributed by atoms with Crippen LogP contribution in [0.25, 0.3) is 0 Å². The van der Waals surface area contributed by atoms with Crippen LogP contribution in [-0.4, -0.2) is 61.1 Å². The van der Waals surface area contributed by atoms with Gasteiger partial charge in [0, 0.05) is 26.2 Å². The van der Waals surface area contributed by atoms with Gasteiger partial charge in [-0.3, -0.25) is 9.69 Å². The molecule has 0 bridgehead atoms. The third-order valence-electron chi connectivity index (χ3n) is 4.77. The highest BCUT2D eigenvalue weighted by molar-refractivity contribution is 5.78. The summed E-state index contributed by atoms with van der Waals surface area (Å²) in [5.74, 6) is 0.649. The molecule has 1 aromatic carbocycles. The second-order valence-corrected chi connectivity index (χ2v) is 7.59. The zero-order valence-corrected chi connectivity index (χ0v) is 17.0. The number of piperazine rings is 1. The summed E-state index contributed by atoms with van der Waals surface area (Å²) in [5.41, 5.74) is 2.44. The molecule has 1 aliphatic heterocycles. The summed E-state index contributed by atoms with van der Waals surface area (Å²) in [5, 5.41) is 3.07. The average molecular weight is 376 g/mol. The van der Waals surface area contributed by atoms with Crippen LogP contribution < -0.4 is 5.32 Å². The topological polar surface area (TPSA) is 61.9 Å². The summed E-state index contributed by atoms with van der Waals surface area (Å²) in [6.45, 7) is 11.5. The van der Waals surface area contributed by atoms with Gasteiger partial charge in [-0.05, 0) is 37.3 Å². The lowest BCUT2D eigenvalue weighted by Gasteiger charge is -2.33. The number of hydrogen-bond acceptors (Lipinski definition) is 4. The molecule has 1 heterocycles. The minimum absolute atomic E-state index is 0.0124. The Kier molecular flexibility index (Phi) is 8.10. The first kappa shape index (κ1) is 21.2. The van der Waals surface area contributed by atoms with E-state index in [9.17, 15) is 9.59 Å². The molecule has 0 aliphatic carbocycles. The van der Waals surface area contributed by atoms with Crippen molar-refractivity contribution in [3.8, 4) is 0 Å². The van der Waals surface area contributed by atoms with E-state index < -0.39 is 0 Å². The molecule has 6 heteroatoms. The maximum Gasteiger partial charge on any atom is 0.409 e. The Balaban J connectivity index is 1.76. The highest BCUT2D eigenvalue weighted by atomic mass is 16.6. The molecule has 1 saturated heterocycles. The minimum Gasteiger partial charge on any atom is -0.450 e. The molecular weight excluding hydrogens is 342 g/mol. The molecule has 150 valence electrons.